The van der Waals surface area contributed by atoms with E-state index in [1.807, 2.05) is 21.9 Å². The maximum absolute atomic E-state index is 12.9. The van der Waals surface area contributed by atoms with Crippen molar-refractivity contribution >= 4 is 5.91 Å². The summed E-state index contributed by atoms with van der Waals surface area (Å²) in [4.78, 5) is 19.2. The van der Waals surface area contributed by atoms with E-state index in [1.165, 1.54) is 11.1 Å². The van der Waals surface area contributed by atoms with Gasteiger partial charge in [-0.3, -0.25) is 9.89 Å². The summed E-state index contributed by atoms with van der Waals surface area (Å²) in [6.07, 6.45) is 8.46. The second-order valence-electron chi connectivity index (χ2n) is 7.57. The zero-order valence-corrected chi connectivity index (χ0v) is 16.6. The van der Waals surface area contributed by atoms with Gasteiger partial charge in [-0.15, -0.1) is 0 Å². The van der Waals surface area contributed by atoms with Crippen molar-refractivity contribution in [2.24, 2.45) is 0 Å². The zero-order chi connectivity index (χ0) is 19.5. The molecule has 0 spiro atoms. The first-order valence-electron chi connectivity index (χ1n) is 10.0. The number of rotatable bonds is 5. The van der Waals surface area contributed by atoms with Crippen LogP contribution < -0.4 is 0 Å². The van der Waals surface area contributed by atoms with Gasteiger partial charge in [-0.05, 0) is 25.3 Å². The molecule has 6 nitrogen and oxygen atoms in total. The number of carbonyl (C=O) groups is 1. The summed E-state index contributed by atoms with van der Waals surface area (Å²) in [6.45, 7) is 6.07. The normalized spacial score (nSPS) is 17.1. The number of benzene rings is 1. The lowest BCUT2D eigenvalue weighted by atomic mass is 9.90. The van der Waals surface area contributed by atoms with E-state index < -0.39 is 0 Å². The van der Waals surface area contributed by atoms with Crippen LogP contribution in [0, 0.1) is 6.92 Å². The molecule has 28 heavy (non-hydrogen) atoms. The molecule has 1 aliphatic heterocycles. The number of aryl methyl sites for hydroxylation is 2. The number of carbonyl (C=O) groups excluding carboxylic acids is 1. The highest BCUT2D eigenvalue weighted by atomic mass is 16.2. The Bertz CT molecular complexity index is 940. The molecule has 1 atom stereocenters. The Kier molecular flexibility index (Phi) is 5.28. The smallest absolute Gasteiger partial charge is 0.242 e. The molecule has 146 valence electrons. The molecular weight excluding hydrogens is 350 g/mol. The number of hydrogen-bond donors (Lipinski definition) is 1. The SMILES string of the molecule is CCc1nccn1CC(=O)N1CCC[C@H](c2[nH]ncc2-c2ccc(C)cc2)C1. The quantitative estimate of drug-likeness (QED) is 0.739. The topological polar surface area (TPSA) is 66.8 Å². The number of amides is 1. The Morgan fingerprint density at radius 3 is 2.89 bits per heavy atom. The summed E-state index contributed by atoms with van der Waals surface area (Å²) in [5, 5.41) is 7.52. The number of nitrogens with zero attached hydrogens (tertiary/aromatic N) is 4. The molecule has 6 heteroatoms. The highest BCUT2D eigenvalue weighted by molar-refractivity contribution is 5.76. The minimum atomic E-state index is 0.161. The fourth-order valence-corrected chi connectivity index (χ4v) is 4.05. The lowest BCUT2D eigenvalue weighted by Crippen LogP contribution is -2.41. The van der Waals surface area contributed by atoms with Crippen molar-refractivity contribution in [2.75, 3.05) is 13.1 Å². The van der Waals surface area contributed by atoms with Crippen molar-refractivity contribution < 1.29 is 4.79 Å². The van der Waals surface area contributed by atoms with Crippen molar-refractivity contribution in [3.8, 4) is 11.1 Å². The van der Waals surface area contributed by atoms with Gasteiger partial charge in [0.2, 0.25) is 5.91 Å². The predicted molar refractivity (Wildman–Crippen MR) is 109 cm³/mol. The summed E-state index contributed by atoms with van der Waals surface area (Å²) >= 11 is 0. The predicted octanol–water partition coefficient (Wildman–Crippen LogP) is 3.55. The highest BCUT2D eigenvalue weighted by Gasteiger charge is 2.28. The first kappa shape index (κ1) is 18.5. The monoisotopic (exact) mass is 377 g/mol. The lowest BCUT2D eigenvalue weighted by molar-refractivity contribution is -0.133. The first-order valence-corrected chi connectivity index (χ1v) is 10.0. The average Bonchev–Trinajstić information content (AvgIpc) is 3.38. The molecule has 2 aromatic heterocycles. The molecule has 0 radical (unpaired) electrons. The van der Waals surface area contributed by atoms with E-state index in [1.54, 1.807) is 6.20 Å². The summed E-state index contributed by atoms with van der Waals surface area (Å²) in [5.41, 5.74) is 4.69. The fraction of sp³-hybridized carbons (Fsp3) is 0.409. The zero-order valence-electron chi connectivity index (χ0n) is 16.6. The number of likely N-dealkylation sites (tertiary alicyclic amines) is 1. The third-order valence-corrected chi connectivity index (χ3v) is 5.64. The summed E-state index contributed by atoms with van der Waals surface area (Å²) in [7, 11) is 0. The number of aromatic amines is 1. The Labute approximate surface area is 165 Å². The number of imidazole rings is 1. The van der Waals surface area contributed by atoms with Gasteiger partial charge in [0.1, 0.15) is 12.4 Å². The van der Waals surface area contributed by atoms with E-state index in [0.29, 0.717) is 6.54 Å². The fourth-order valence-electron chi connectivity index (χ4n) is 4.05. The molecule has 0 saturated carbocycles. The minimum absolute atomic E-state index is 0.161. The van der Waals surface area contributed by atoms with E-state index in [0.717, 1.165) is 49.4 Å². The lowest BCUT2D eigenvalue weighted by Gasteiger charge is -2.33. The third-order valence-electron chi connectivity index (χ3n) is 5.64. The van der Waals surface area contributed by atoms with Gasteiger partial charge in [-0.1, -0.05) is 36.8 Å². The molecule has 1 aliphatic rings. The van der Waals surface area contributed by atoms with Crippen LogP contribution in [0.2, 0.25) is 0 Å². The molecule has 4 rings (SSSR count). The van der Waals surface area contributed by atoms with Gasteiger partial charge >= 0.3 is 0 Å². The Hall–Kier alpha value is -2.89. The second-order valence-corrected chi connectivity index (χ2v) is 7.57. The van der Waals surface area contributed by atoms with Gasteiger partial charge in [0.15, 0.2) is 0 Å². The van der Waals surface area contributed by atoms with Crippen molar-refractivity contribution in [1.82, 2.24) is 24.6 Å². The van der Waals surface area contributed by atoms with Gasteiger partial charge < -0.3 is 9.47 Å². The van der Waals surface area contributed by atoms with Crippen LogP contribution in [0.4, 0.5) is 0 Å². The van der Waals surface area contributed by atoms with Gasteiger partial charge in [0.05, 0.1) is 6.20 Å². The van der Waals surface area contributed by atoms with Crippen molar-refractivity contribution in [2.45, 2.75) is 45.6 Å². The Morgan fingerprint density at radius 2 is 2.11 bits per heavy atom. The van der Waals surface area contributed by atoms with Crippen LogP contribution in [-0.4, -0.2) is 43.6 Å². The molecule has 1 aromatic carbocycles. The van der Waals surface area contributed by atoms with E-state index in [4.69, 9.17) is 0 Å². The average molecular weight is 377 g/mol. The number of piperidine rings is 1. The van der Waals surface area contributed by atoms with Crippen LogP contribution >= 0.6 is 0 Å². The minimum Gasteiger partial charge on any atom is -0.340 e. The van der Waals surface area contributed by atoms with E-state index in [2.05, 4.69) is 53.3 Å². The van der Waals surface area contributed by atoms with Crippen LogP contribution in [0.5, 0.6) is 0 Å². The van der Waals surface area contributed by atoms with Crippen molar-refractivity contribution in [3.63, 3.8) is 0 Å². The number of aromatic nitrogens is 4. The Balaban J connectivity index is 1.49. The first-order chi connectivity index (χ1) is 13.7. The summed E-state index contributed by atoms with van der Waals surface area (Å²) in [6, 6.07) is 8.53. The number of hydrogen-bond acceptors (Lipinski definition) is 3. The molecule has 1 amide bonds. The third kappa shape index (κ3) is 3.72. The number of H-pyrrole nitrogens is 1. The second kappa shape index (κ2) is 8.00. The van der Waals surface area contributed by atoms with E-state index >= 15 is 0 Å². The van der Waals surface area contributed by atoms with E-state index in [9.17, 15) is 4.79 Å². The standard InChI is InChI=1S/C22H27N5O/c1-3-20-23-10-12-26(20)15-21(28)27-11-4-5-18(14-27)22-19(13-24-25-22)17-8-6-16(2)7-9-17/h6-10,12-13,18H,3-5,11,14-15H2,1-2H3,(H,24,25)/t18-/m0/s1. The van der Waals surface area contributed by atoms with Crippen molar-refractivity contribution in [1.29, 1.82) is 0 Å². The molecule has 3 heterocycles. The molecular formula is C22H27N5O. The molecule has 1 saturated heterocycles. The maximum Gasteiger partial charge on any atom is 0.242 e. The summed E-state index contributed by atoms with van der Waals surface area (Å²) < 4.78 is 1.96. The largest absolute Gasteiger partial charge is 0.340 e. The molecule has 0 unspecified atom stereocenters. The molecule has 3 aromatic rings. The van der Waals surface area contributed by atoms with Crippen molar-refractivity contribution in [3.05, 3.63) is 59.9 Å². The summed E-state index contributed by atoms with van der Waals surface area (Å²) in [5.74, 6) is 1.40. The van der Waals surface area contributed by atoms with Crippen LogP contribution in [0.3, 0.4) is 0 Å². The molecule has 1 N–H and O–H groups in total. The van der Waals surface area contributed by atoms with Gasteiger partial charge in [0.25, 0.3) is 0 Å². The van der Waals surface area contributed by atoms with Gasteiger partial charge in [-0.2, -0.15) is 5.10 Å². The van der Waals surface area contributed by atoms with Crippen LogP contribution in [0.1, 0.15) is 42.8 Å². The highest BCUT2D eigenvalue weighted by Crippen LogP contribution is 2.33. The van der Waals surface area contributed by atoms with E-state index in [-0.39, 0.29) is 11.8 Å². The molecule has 0 aliphatic carbocycles. The molecule has 0 bridgehead atoms. The van der Waals surface area contributed by atoms with Gasteiger partial charge in [0, 0.05) is 49.1 Å². The van der Waals surface area contributed by atoms with Gasteiger partial charge in [-0.25, -0.2) is 4.98 Å². The molecule has 1 fully saturated rings. The van der Waals surface area contributed by atoms with Crippen LogP contribution in [0.15, 0.2) is 42.9 Å². The maximum atomic E-state index is 12.9. The number of nitrogens with one attached hydrogen (secondary N) is 1. The van der Waals surface area contributed by atoms with Crippen LogP contribution in [0.25, 0.3) is 11.1 Å². The van der Waals surface area contributed by atoms with Crippen LogP contribution in [-0.2, 0) is 17.8 Å². The Morgan fingerprint density at radius 1 is 1.29 bits per heavy atom.